The van der Waals surface area contributed by atoms with Crippen molar-refractivity contribution in [3.63, 3.8) is 0 Å². The molecule has 3 heterocycles. The highest BCUT2D eigenvalue weighted by Gasteiger charge is 2.26. The van der Waals surface area contributed by atoms with Crippen molar-refractivity contribution < 1.29 is 5.11 Å². The van der Waals surface area contributed by atoms with Crippen LogP contribution in [-0.2, 0) is 0 Å². The number of nitrogens with one attached hydrogen (secondary N) is 2. The van der Waals surface area contributed by atoms with E-state index in [-0.39, 0.29) is 17.7 Å². The number of aliphatic hydroxyl groups excluding tert-OH is 1. The van der Waals surface area contributed by atoms with Gasteiger partial charge < -0.3 is 15.4 Å². The Bertz CT molecular complexity index is 1170. The van der Waals surface area contributed by atoms with Crippen LogP contribution in [0.15, 0.2) is 35.5 Å². The van der Waals surface area contributed by atoms with Gasteiger partial charge >= 0.3 is 0 Å². The molecule has 1 saturated carbocycles. The minimum Gasteiger partial charge on any atom is -0.391 e. The molecular formula is C18H16N4O2S. The maximum Gasteiger partial charge on any atom is 0.256 e. The quantitative estimate of drug-likeness (QED) is 0.483. The molecule has 0 spiro atoms. The number of aliphatic hydroxyl groups is 1. The third-order valence-electron chi connectivity index (χ3n) is 4.97. The maximum atomic E-state index is 12.4. The minimum absolute atomic E-state index is 0.0446. The fourth-order valence-electron chi connectivity index (χ4n) is 3.75. The molecule has 4 aromatic rings. The van der Waals surface area contributed by atoms with E-state index in [2.05, 4.69) is 15.3 Å². The van der Waals surface area contributed by atoms with Crippen LogP contribution in [-0.4, -0.2) is 32.2 Å². The van der Waals surface area contributed by atoms with Gasteiger partial charge in [0.25, 0.3) is 5.56 Å². The van der Waals surface area contributed by atoms with Crippen LogP contribution >= 0.6 is 11.3 Å². The number of pyridine rings is 2. The lowest BCUT2D eigenvalue weighted by molar-refractivity contribution is 0.172. The first kappa shape index (κ1) is 14.8. The van der Waals surface area contributed by atoms with Crippen LogP contribution in [0.2, 0.25) is 0 Å². The predicted molar refractivity (Wildman–Crippen MR) is 100 cm³/mol. The summed E-state index contributed by atoms with van der Waals surface area (Å²) in [6.07, 6.45) is 7.58. The molecular weight excluding hydrogens is 336 g/mol. The average molecular weight is 352 g/mol. The van der Waals surface area contributed by atoms with Crippen LogP contribution in [0.3, 0.4) is 0 Å². The number of rotatable bonds is 2. The Morgan fingerprint density at radius 2 is 2.16 bits per heavy atom. The molecule has 2 atom stereocenters. The van der Waals surface area contributed by atoms with E-state index in [0.29, 0.717) is 5.39 Å². The van der Waals surface area contributed by atoms with E-state index >= 15 is 0 Å². The first-order valence-electron chi connectivity index (χ1n) is 8.34. The van der Waals surface area contributed by atoms with E-state index < -0.39 is 0 Å². The summed E-state index contributed by atoms with van der Waals surface area (Å²) in [4.78, 5) is 24.1. The van der Waals surface area contributed by atoms with E-state index in [1.54, 1.807) is 18.6 Å². The molecule has 0 aliphatic heterocycles. The number of thiazole rings is 1. The Labute approximate surface area is 146 Å². The van der Waals surface area contributed by atoms with Crippen LogP contribution in [0.5, 0.6) is 0 Å². The summed E-state index contributed by atoms with van der Waals surface area (Å²) in [6, 6.07) is 3.86. The molecule has 6 nitrogen and oxygen atoms in total. The molecule has 1 aliphatic rings. The summed E-state index contributed by atoms with van der Waals surface area (Å²) < 4.78 is 0.981. The first-order chi connectivity index (χ1) is 12.2. The van der Waals surface area contributed by atoms with Gasteiger partial charge in [-0.25, -0.2) is 4.98 Å². The summed E-state index contributed by atoms with van der Waals surface area (Å²) in [5, 5.41) is 17.5. The van der Waals surface area contributed by atoms with Crippen molar-refractivity contribution in [3.05, 3.63) is 41.1 Å². The van der Waals surface area contributed by atoms with E-state index in [1.807, 2.05) is 12.1 Å². The lowest BCUT2D eigenvalue weighted by Gasteiger charge is -2.14. The number of nitrogens with zero attached hydrogens (tertiary/aromatic N) is 2. The molecule has 5 rings (SSSR count). The first-order valence-corrected chi connectivity index (χ1v) is 9.16. The molecule has 3 N–H and O–H groups in total. The van der Waals surface area contributed by atoms with E-state index in [0.717, 1.165) is 50.8 Å². The van der Waals surface area contributed by atoms with Gasteiger partial charge in [-0.1, -0.05) is 11.3 Å². The normalized spacial score (nSPS) is 20.7. The molecule has 7 heteroatoms. The van der Waals surface area contributed by atoms with Crippen molar-refractivity contribution in [1.29, 1.82) is 0 Å². The van der Waals surface area contributed by atoms with Crippen molar-refractivity contribution in [2.24, 2.45) is 0 Å². The summed E-state index contributed by atoms with van der Waals surface area (Å²) in [5.74, 6) is 0. The minimum atomic E-state index is -0.326. The molecule has 1 fully saturated rings. The maximum absolute atomic E-state index is 12.4. The van der Waals surface area contributed by atoms with E-state index in [9.17, 15) is 9.90 Å². The standard InChI is InChI=1S/C18H16N4O2S/c23-13-3-1-2-12(13)21-18-22-15-9-4-6-19-8-11(9)14-10(16(15)25-18)5-7-20-17(14)24/h4-8,12-13,23H,1-3H2,(H,20,24)(H,21,22)/t12-,13-/m1/s1. The Morgan fingerprint density at radius 1 is 1.24 bits per heavy atom. The second-order valence-corrected chi connectivity index (χ2v) is 7.46. The molecule has 1 aliphatic carbocycles. The predicted octanol–water partition coefficient (Wildman–Crippen LogP) is 3.01. The van der Waals surface area contributed by atoms with Crippen molar-refractivity contribution in [1.82, 2.24) is 15.0 Å². The second-order valence-electron chi connectivity index (χ2n) is 6.46. The zero-order valence-corrected chi connectivity index (χ0v) is 14.1. The monoisotopic (exact) mass is 352 g/mol. The number of H-pyrrole nitrogens is 1. The van der Waals surface area contributed by atoms with Gasteiger partial charge in [0, 0.05) is 34.7 Å². The summed E-state index contributed by atoms with van der Waals surface area (Å²) in [6.45, 7) is 0. The summed E-state index contributed by atoms with van der Waals surface area (Å²) in [7, 11) is 0. The highest BCUT2D eigenvalue weighted by atomic mass is 32.1. The Kier molecular flexibility index (Phi) is 3.26. The van der Waals surface area contributed by atoms with Gasteiger partial charge in [-0.15, -0.1) is 0 Å². The van der Waals surface area contributed by atoms with Crippen LogP contribution < -0.4 is 10.9 Å². The lowest BCUT2D eigenvalue weighted by Crippen LogP contribution is -2.27. The summed E-state index contributed by atoms with van der Waals surface area (Å²) in [5.41, 5.74) is 0.752. The molecule has 3 aromatic heterocycles. The fourth-order valence-corrected chi connectivity index (χ4v) is 4.82. The SMILES string of the molecule is O=c1[nH]ccc2c3sc(N[C@@H]4CCC[C@H]4O)nc3c3ccncc3c12. The number of aromatic amines is 1. The zero-order chi connectivity index (χ0) is 17.0. The number of fused-ring (bicyclic) bond motifs is 6. The van der Waals surface area contributed by atoms with Crippen LogP contribution in [0.1, 0.15) is 19.3 Å². The summed E-state index contributed by atoms with van der Waals surface area (Å²) >= 11 is 1.53. The number of hydrogen-bond donors (Lipinski definition) is 3. The van der Waals surface area contributed by atoms with Crippen molar-refractivity contribution in [2.75, 3.05) is 5.32 Å². The van der Waals surface area contributed by atoms with Gasteiger partial charge in [0.15, 0.2) is 5.13 Å². The van der Waals surface area contributed by atoms with Crippen molar-refractivity contribution >= 4 is 48.2 Å². The lowest BCUT2D eigenvalue weighted by atomic mass is 10.0. The molecule has 0 amide bonds. The van der Waals surface area contributed by atoms with Gasteiger partial charge in [-0.3, -0.25) is 9.78 Å². The van der Waals surface area contributed by atoms with Crippen LogP contribution in [0.25, 0.3) is 31.8 Å². The largest absolute Gasteiger partial charge is 0.391 e. The molecule has 0 unspecified atom stereocenters. The highest BCUT2D eigenvalue weighted by Crippen LogP contribution is 2.38. The molecule has 0 radical (unpaired) electrons. The van der Waals surface area contributed by atoms with Crippen LogP contribution in [0, 0.1) is 0 Å². The number of benzene rings is 1. The molecule has 0 saturated heterocycles. The average Bonchev–Trinajstić information content (AvgIpc) is 3.22. The third-order valence-corrected chi connectivity index (χ3v) is 5.99. The van der Waals surface area contributed by atoms with Crippen LogP contribution in [0.4, 0.5) is 5.13 Å². The number of aromatic nitrogens is 3. The smallest absolute Gasteiger partial charge is 0.256 e. The Hall–Kier alpha value is -2.51. The number of hydrogen-bond acceptors (Lipinski definition) is 6. The highest BCUT2D eigenvalue weighted by molar-refractivity contribution is 7.23. The third kappa shape index (κ3) is 2.23. The Balaban J connectivity index is 1.80. The van der Waals surface area contributed by atoms with Gasteiger partial charge in [0.2, 0.25) is 0 Å². The van der Waals surface area contributed by atoms with Gasteiger partial charge in [0.1, 0.15) is 0 Å². The van der Waals surface area contributed by atoms with Gasteiger partial charge in [-0.05, 0) is 31.4 Å². The fraction of sp³-hybridized carbons (Fsp3) is 0.278. The van der Waals surface area contributed by atoms with E-state index in [4.69, 9.17) is 4.98 Å². The topological polar surface area (TPSA) is 90.9 Å². The molecule has 25 heavy (non-hydrogen) atoms. The molecule has 126 valence electrons. The molecule has 1 aromatic carbocycles. The van der Waals surface area contributed by atoms with Crippen molar-refractivity contribution in [3.8, 4) is 0 Å². The number of anilines is 1. The van der Waals surface area contributed by atoms with E-state index in [1.165, 1.54) is 11.3 Å². The zero-order valence-electron chi connectivity index (χ0n) is 13.3. The molecule has 0 bridgehead atoms. The van der Waals surface area contributed by atoms with Gasteiger partial charge in [-0.2, -0.15) is 0 Å². The Morgan fingerprint density at radius 3 is 3.00 bits per heavy atom. The van der Waals surface area contributed by atoms with Crippen molar-refractivity contribution in [2.45, 2.75) is 31.4 Å². The second kappa shape index (κ2) is 5.50. The van der Waals surface area contributed by atoms with Gasteiger partial charge in [0.05, 0.1) is 27.7 Å².